The molecule has 0 spiro atoms. The fraction of sp³-hybridized carbons (Fsp3) is 0.222. The van der Waals surface area contributed by atoms with Gasteiger partial charge in [-0.1, -0.05) is 73.8 Å². The molecule has 0 aliphatic carbocycles. The summed E-state index contributed by atoms with van der Waals surface area (Å²) in [5, 5.41) is 9.81. The van der Waals surface area contributed by atoms with Gasteiger partial charge in [0.25, 0.3) is 5.89 Å². The molecule has 3 rings (SSSR count). The predicted molar refractivity (Wildman–Crippen MR) is 98.9 cm³/mol. The van der Waals surface area contributed by atoms with E-state index in [0.29, 0.717) is 32.4 Å². The summed E-state index contributed by atoms with van der Waals surface area (Å²) in [6.07, 6.45) is 0. The summed E-state index contributed by atoms with van der Waals surface area (Å²) < 4.78 is 5.79. The molecule has 0 atom stereocenters. The van der Waals surface area contributed by atoms with Crippen LogP contribution in [-0.2, 0) is 5.41 Å². The van der Waals surface area contributed by atoms with Crippen LogP contribution in [0, 0.1) is 0 Å². The fourth-order valence-electron chi connectivity index (χ4n) is 2.23. The zero-order valence-corrected chi connectivity index (χ0v) is 15.7. The highest BCUT2D eigenvalue weighted by atomic mass is 35.5. The van der Waals surface area contributed by atoms with E-state index >= 15 is 0 Å². The second-order valence-corrected chi connectivity index (χ2v) is 7.67. The second-order valence-electron chi connectivity index (χ2n) is 6.45. The Kier molecular flexibility index (Phi) is 4.60. The van der Waals surface area contributed by atoms with E-state index in [1.165, 1.54) is 0 Å². The Hall–Kier alpha value is -1.55. The maximum atomic E-state index is 6.60. The number of hydrogen-bond donors (Lipinski definition) is 0. The Morgan fingerprint density at radius 1 is 0.875 bits per heavy atom. The highest BCUT2D eigenvalue weighted by molar-refractivity contribution is 6.40. The van der Waals surface area contributed by atoms with Crippen LogP contribution in [0.5, 0.6) is 0 Å². The van der Waals surface area contributed by atoms with Crippen molar-refractivity contribution in [3.05, 3.63) is 57.4 Å². The van der Waals surface area contributed by atoms with E-state index < -0.39 is 0 Å². The molecule has 0 radical (unpaired) electrons. The van der Waals surface area contributed by atoms with Gasteiger partial charge in [0.15, 0.2) is 0 Å². The van der Waals surface area contributed by atoms with Crippen LogP contribution in [0.3, 0.4) is 0 Å². The number of halogens is 3. The van der Waals surface area contributed by atoms with Crippen LogP contribution in [0.1, 0.15) is 26.7 Å². The lowest BCUT2D eigenvalue weighted by Crippen LogP contribution is -2.11. The standard InChI is InChI=1S/C18H15Cl3N2O/c1-18(2,3)17-23-22-16(24-17)14-13(20)9-8-12(15(14)21)10-4-6-11(19)7-5-10/h4-9H,1-3H3. The highest BCUT2D eigenvalue weighted by Crippen LogP contribution is 2.41. The topological polar surface area (TPSA) is 38.9 Å². The van der Waals surface area contributed by atoms with Gasteiger partial charge in [0.2, 0.25) is 5.89 Å². The molecule has 1 heterocycles. The molecule has 1 aromatic heterocycles. The molecule has 3 nitrogen and oxygen atoms in total. The van der Waals surface area contributed by atoms with Gasteiger partial charge in [0.05, 0.1) is 15.6 Å². The van der Waals surface area contributed by atoms with E-state index in [2.05, 4.69) is 10.2 Å². The first-order valence-electron chi connectivity index (χ1n) is 7.35. The van der Waals surface area contributed by atoms with Crippen LogP contribution in [0.25, 0.3) is 22.6 Å². The third-order valence-electron chi connectivity index (χ3n) is 3.53. The van der Waals surface area contributed by atoms with Crippen LogP contribution in [-0.4, -0.2) is 10.2 Å². The predicted octanol–water partition coefficient (Wildman–Crippen LogP) is 6.66. The monoisotopic (exact) mass is 380 g/mol. The van der Waals surface area contributed by atoms with E-state index in [4.69, 9.17) is 39.2 Å². The van der Waals surface area contributed by atoms with Gasteiger partial charge in [0, 0.05) is 16.0 Å². The van der Waals surface area contributed by atoms with E-state index in [9.17, 15) is 0 Å². The first-order valence-corrected chi connectivity index (χ1v) is 8.49. The van der Waals surface area contributed by atoms with Crippen LogP contribution in [0.2, 0.25) is 15.1 Å². The average Bonchev–Trinajstić information content (AvgIpc) is 2.98. The van der Waals surface area contributed by atoms with Crippen molar-refractivity contribution in [2.75, 3.05) is 0 Å². The van der Waals surface area contributed by atoms with Crippen molar-refractivity contribution in [1.82, 2.24) is 10.2 Å². The zero-order chi connectivity index (χ0) is 17.5. The normalized spacial score (nSPS) is 11.8. The third kappa shape index (κ3) is 3.30. The number of nitrogens with zero attached hydrogens (tertiary/aromatic N) is 2. The van der Waals surface area contributed by atoms with Gasteiger partial charge in [-0.3, -0.25) is 0 Å². The van der Waals surface area contributed by atoms with Gasteiger partial charge in [-0.05, 0) is 23.8 Å². The van der Waals surface area contributed by atoms with E-state index in [-0.39, 0.29) is 5.41 Å². The zero-order valence-electron chi connectivity index (χ0n) is 13.4. The van der Waals surface area contributed by atoms with Gasteiger partial charge in [0.1, 0.15) is 0 Å². The summed E-state index contributed by atoms with van der Waals surface area (Å²) >= 11 is 18.9. The molecule has 0 amide bonds. The fourth-order valence-corrected chi connectivity index (χ4v) is 3.00. The Labute approximate surface area is 155 Å². The van der Waals surface area contributed by atoms with Crippen molar-refractivity contribution in [2.24, 2.45) is 0 Å². The van der Waals surface area contributed by atoms with Gasteiger partial charge < -0.3 is 4.42 Å². The number of rotatable bonds is 2. The van der Waals surface area contributed by atoms with Crippen LogP contribution >= 0.6 is 34.8 Å². The minimum absolute atomic E-state index is 0.252. The Bertz CT molecular complexity index is 880. The third-order valence-corrected chi connectivity index (χ3v) is 4.49. The Morgan fingerprint density at radius 2 is 1.54 bits per heavy atom. The van der Waals surface area contributed by atoms with Crippen molar-refractivity contribution >= 4 is 34.8 Å². The van der Waals surface area contributed by atoms with Crippen LogP contribution < -0.4 is 0 Å². The minimum Gasteiger partial charge on any atom is -0.420 e. The lowest BCUT2D eigenvalue weighted by Gasteiger charge is -2.12. The maximum Gasteiger partial charge on any atom is 0.250 e. The summed E-state index contributed by atoms with van der Waals surface area (Å²) in [4.78, 5) is 0. The lowest BCUT2D eigenvalue weighted by atomic mass is 9.97. The van der Waals surface area contributed by atoms with E-state index in [1.54, 1.807) is 6.07 Å². The molecule has 124 valence electrons. The first-order chi connectivity index (χ1) is 11.3. The van der Waals surface area contributed by atoms with Crippen molar-refractivity contribution in [1.29, 1.82) is 0 Å². The van der Waals surface area contributed by atoms with Gasteiger partial charge >= 0.3 is 0 Å². The number of hydrogen-bond acceptors (Lipinski definition) is 3. The molecule has 0 unspecified atom stereocenters. The van der Waals surface area contributed by atoms with E-state index in [0.717, 1.165) is 11.1 Å². The Morgan fingerprint density at radius 3 is 2.12 bits per heavy atom. The molecule has 0 aliphatic heterocycles. The molecule has 0 saturated heterocycles. The van der Waals surface area contributed by atoms with Crippen molar-refractivity contribution in [3.8, 4) is 22.6 Å². The molecule has 0 saturated carbocycles. The second kappa shape index (κ2) is 6.40. The molecule has 3 aromatic rings. The molecule has 0 bridgehead atoms. The maximum absolute atomic E-state index is 6.60. The summed E-state index contributed by atoms with van der Waals surface area (Å²) in [5.41, 5.74) is 2.03. The van der Waals surface area contributed by atoms with Crippen LogP contribution in [0.15, 0.2) is 40.8 Å². The van der Waals surface area contributed by atoms with Gasteiger partial charge in [-0.15, -0.1) is 10.2 Å². The smallest absolute Gasteiger partial charge is 0.250 e. The summed E-state index contributed by atoms with van der Waals surface area (Å²) in [6, 6.07) is 11.1. The van der Waals surface area contributed by atoms with Crippen LogP contribution in [0.4, 0.5) is 0 Å². The molecule has 6 heteroatoms. The quantitative estimate of drug-likeness (QED) is 0.498. The van der Waals surface area contributed by atoms with Crippen molar-refractivity contribution in [3.63, 3.8) is 0 Å². The molecule has 0 aliphatic rings. The largest absolute Gasteiger partial charge is 0.420 e. The number of aromatic nitrogens is 2. The Balaban J connectivity index is 2.13. The van der Waals surface area contributed by atoms with Crippen molar-refractivity contribution < 1.29 is 4.42 Å². The van der Waals surface area contributed by atoms with Crippen molar-refractivity contribution in [2.45, 2.75) is 26.2 Å². The SMILES string of the molecule is CC(C)(C)c1nnc(-c2c(Cl)ccc(-c3ccc(Cl)cc3)c2Cl)o1. The lowest BCUT2D eigenvalue weighted by molar-refractivity contribution is 0.399. The first kappa shape index (κ1) is 17.3. The summed E-state index contributed by atoms with van der Waals surface area (Å²) in [7, 11) is 0. The minimum atomic E-state index is -0.252. The van der Waals surface area contributed by atoms with Gasteiger partial charge in [-0.25, -0.2) is 0 Å². The van der Waals surface area contributed by atoms with E-state index in [1.807, 2.05) is 51.1 Å². The number of benzene rings is 2. The molecule has 2 aromatic carbocycles. The molecule has 24 heavy (non-hydrogen) atoms. The molecule has 0 fully saturated rings. The molecular weight excluding hydrogens is 367 g/mol. The molecule has 0 N–H and O–H groups in total. The summed E-state index contributed by atoms with van der Waals surface area (Å²) in [6.45, 7) is 5.99. The average molecular weight is 382 g/mol. The van der Waals surface area contributed by atoms with Gasteiger partial charge in [-0.2, -0.15) is 0 Å². The summed E-state index contributed by atoms with van der Waals surface area (Å²) in [5.74, 6) is 0.840. The molecular formula is C18H15Cl3N2O. The highest BCUT2D eigenvalue weighted by Gasteiger charge is 2.24.